The molecule has 0 aliphatic heterocycles. The number of aliphatic hydroxyl groups is 1. The Hall–Kier alpha value is -5.06. The third-order valence-electron chi connectivity index (χ3n) is 15.3. The molecule has 0 amide bonds. The van der Waals surface area contributed by atoms with Crippen molar-refractivity contribution in [1.82, 2.24) is 0 Å². The number of phosphoric ester groups is 2. The van der Waals surface area contributed by atoms with Gasteiger partial charge < -0.3 is 33.8 Å². The monoisotopic (exact) mass is 1440 g/mol. The van der Waals surface area contributed by atoms with E-state index >= 15 is 0 Å². The van der Waals surface area contributed by atoms with Crippen molar-refractivity contribution in [3.8, 4) is 0 Å². The fourth-order valence-electron chi connectivity index (χ4n) is 9.60. The first-order chi connectivity index (χ1) is 48.7. The van der Waals surface area contributed by atoms with Gasteiger partial charge in [-0.1, -0.05) is 263 Å². The topological polar surface area (TPSA) is 237 Å². The highest BCUT2D eigenvalue weighted by atomic mass is 31.2. The Morgan fingerprint density at radius 2 is 0.520 bits per heavy atom. The molecule has 0 saturated carbocycles. The summed E-state index contributed by atoms with van der Waals surface area (Å²) in [4.78, 5) is 72.8. The van der Waals surface area contributed by atoms with Crippen LogP contribution in [0.1, 0.15) is 285 Å². The molecule has 100 heavy (non-hydrogen) atoms. The molecule has 0 bridgehead atoms. The summed E-state index contributed by atoms with van der Waals surface area (Å²) in [6.45, 7) is 4.41. The van der Waals surface area contributed by atoms with E-state index in [2.05, 4.69) is 174 Å². The number of unbranched alkanes of at least 4 members (excludes halogenated alkanes) is 20. The van der Waals surface area contributed by atoms with E-state index < -0.39 is 97.5 Å². The van der Waals surface area contributed by atoms with Crippen LogP contribution >= 0.6 is 15.6 Å². The van der Waals surface area contributed by atoms with Crippen LogP contribution in [-0.2, 0) is 65.4 Å². The molecule has 17 nitrogen and oxygen atoms in total. The van der Waals surface area contributed by atoms with E-state index in [9.17, 15) is 43.2 Å². The highest BCUT2D eigenvalue weighted by Crippen LogP contribution is 2.45. The summed E-state index contributed by atoms with van der Waals surface area (Å²) in [6.07, 6.45) is 81.3. The van der Waals surface area contributed by atoms with Crippen molar-refractivity contribution in [2.24, 2.45) is 0 Å². The van der Waals surface area contributed by atoms with Crippen molar-refractivity contribution in [3.05, 3.63) is 146 Å². The highest BCUT2D eigenvalue weighted by Gasteiger charge is 2.30. The Balaban J connectivity index is 5.41. The largest absolute Gasteiger partial charge is 0.472 e. The van der Waals surface area contributed by atoms with E-state index in [0.29, 0.717) is 32.1 Å². The molecule has 0 radical (unpaired) electrons. The van der Waals surface area contributed by atoms with Gasteiger partial charge in [-0.05, 0) is 141 Å². The number of ether oxygens (including phenoxy) is 4. The summed E-state index contributed by atoms with van der Waals surface area (Å²) < 4.78 is 68.4. The molecule has 5 atom stereocenters. The molecule has 0 aromatic carbocycles. The van der Waals surface area contributed by atoms with Gasteiger partial charge in [0.2, 0.25) is 0 Å². The maximum absolute atomic E-state index is 13.1. The maximum atomic E-state index is 13.1. The Labute approximate surface area is 605 Å². The summed E-state index contributed by atoms with van der Waals surface area (Å²) in [5, 5.41) is 10.6. The van der Waals surface area contributed by atoms with Crippen LogP contribution in [0, 0.1) is 0 Å². The van der Waals surface area contributed by atoms with Gasteiger partial charge >= 0.3 is 39.5 Å². The van der Waals surface area contributed by atoms with Crippen LogP contribution in [0.25, 0.3) is 0 Å². The second-order valence-electron chi connectivity index (χ2n) is 24.8. The fraction of sp³-hybridized carbons (Fsp3) is 0.654. The summed E-state index contributed by atoms with van der Waals surface area (Å²) in [5.41, 5.74) is 0. The lowest BCUT2D eigenvalue weighted by Gasteiger charge is -2.21. The van der Waals surface area contributed by atoms with Gasteiger partial charge in [-0.2, -0.15) is 0 Å². The van der Waals surface area contributed by atoms with E-state index in [-0.39, 0.29) is 25.7 Å². The van der Waals surface area contributed by atoms with Gasteiger partial charge in [0, 0.05) is 25.7 Å². The number of hydrogen-bond acceptors (Lipinski definition) is 15. The van der Waals surface area contributed by atoms with Gasteiger partial charge in [-0.25, -0.2) is 9.13 Å². The van der Waals surface area contributed by atoms with Crippen LogP contribution < -0.4 is 0 Å². The Morgan fingerprint density at radius 3 is 0.820 bits per heavy atom. The van der Waals surface area contributed by atoms with Crippen LogP contribution in [0.5, 0.6) is 0 Å². The molecule has 0 aliphatic carbocycles. The van der Waals surface area contributed by atoms with E-state index in [0.717, 1.165) is 161 Å². The molecule has 0 aromatic rings. The van der Waals surface area contributed by atoms with E-state index in [1.807, 2.05) is 0 Å². The normalized spacial score (nSPS) is 14.8. The molecule has 570 valence electrons. The lowest BCUT2D eigenvalue weighted by atomic mass is 10.1. The van der Waals surface area contributed by atoms with Crippen LogP contribution in [0.4, 0.5) is 0 Å². The lowest BCUT2D eigenvalue weighted by molar-refractivity contribution is -0.161. The standard InChI is InChI=1S/C81H134O17P2/c1-5-9-13-17-21-25-29-32-35-37-40-42-46-49-53-57-61-65-78(83)91-71-76(97-80(85)67-63-59-55-51-45-28-24-20-16-12-8-4)73-95-99(87,88)93-69-75(82)70-94-100(89,90)96-74-77(98-81(86)68-64-60-56-52-48-44-39-34-31-27-23-19-15-11-7-3)72-92-79(84)66-62-58-54-50-47-43-41-38-36-33-30-26-22-18-14-10-6-2/h9-11,13-15,21-23,25-27,32-36,39-43,48,52,75-77,82H,5-8,12,16-20,24,28-31,37-38,44-47,49-51,53-74H2,1-4H3,(H,87,88)(H,89,90)/b13-9-,14-10-,15-11-,25-21-,26-22-,27-23-,35-32-,36-33-,39-34-,42-40-,43-41-,52-48-. The summed E-state index contributed by atoms with van der Waals surface area (Å²) in [7, 11) is -9.98. The predicted molar refractivity (Wildman–Crippen MR) is 408 cm³/mol. The third kappa shape index (κ3) is 71.3. The van der Waals surface area contributed by atoms with Crippen molar-refractivity contribution in [3.63, 3.8) is 0 Å². The lowest BCUT2D eigenvalue weighted by Crippen LogP contribution is -2.30. The number of esters is 4. The molecule has 5 unspecified atom stereocenters. The zero-order valence-electron chi connectivity index (χ0n) is 62.1. The second kappa shape index (κ2) is 72.3. The second-order valence-corrected chi connectivity index (χ2v) is 27.7. The van der Waals surface area contributed by atoms with Gasteiger partial charge in [0.15, 0.2) is 12.2 Å². The van der Waals surface area contributed by atoms with Gasteiger partial charge in [0.05, 0.1) is 26.4 Å². The predicted octanol–water partition coefficient (Wildman–Crippen LogP) is 21.9. The zero-order chi connectivity index (χ0) is 73.2. The minimum Gasteiger partial charge on any atom is -0.462 e. The third-order valence-corrected chi connectivity index (χ3v) is 17.2. The minimum absolute atomic E-state index is 0.0326. The van der Waals surface area contributed by atoms with Gasteiger partial charge in [-0.15, -0.1) is 0 Å². The van der Waals surface area contributed by atoms with E-state index in [4.69, 9.17) is 37.0 Å². The van der Waals surface area contributed by atoms with Crippen LogP contribution in [0.3, 0.4) is 0 Å². The molecule has 0 heterocycles. The first-order valence-corrected chi connectivity index (χ1v) is 41.1. The van der Waals surface area contributed by atoms with Crippen molar-refractivity contribution in [2.75, 3.05) is 39.6 Å². The van der Waals surface area contributed by atoms with Gasteiger partial charge in [0.25, 0.3) is 0 Å². The smallest absolute Gasteiger partial charge is 0.462 e. The number of carbonyl (C=O) groups excluding carboxylic acids is 4. The average Bonchev–Trinajstić information content (AvgIpc) is 1.02. The SMILES string of the molecule is CC/C=C\C/C=C\C/C=C\C/C=C\CCCCCCC(=O)OCC(COP(=O)(O)OCC(O)COP(=O)(O)OCC(COC(=O)CCCCCC/C=C\C/C=C\C/C=C\C/C=C\CC)OC(=O)CCCCCCCCCCCCC)OC(=O)CCCC/C=C\C/C=C\C/C=C\C/C=C\CC. The maximum Gasteiger partial charge on any atom is 0.472 e. The molecule has 0 fully saturated rings. The van der Waals surface area contributed by atoms with Crippen LogP contribution in [0.15, 0.2) is 146 Å². The Bertz CT molecular complexity index is 2470. The molecule has 0 spiro atoms. The Kier molecular flexibility index (Phi) is 68.6. The van der Waals surface area contributed by atoms with Gasteiger partial charge in [0.1, 0.15) is 19.3 Å². The summed E-state index contributed by atoms with van der Waals surface area (Å²) in [6, 6.07) is 0. The first kappa shape index (κ1) is 94.9. The molecular formula is C81H134O17P2. The van der Waals surface area contributed by atoms with Crippen molar-refractivity contribution in [1.29, 1.82) is 0 Å². The molecule has 3 N–H and O–H groups in total. The first-order valence-electron chi connectivity index (χ1n) is 38.1. The molecule has 19 heteroatoms. The molecule has 0 aliphatic rings. The fourth-order valence-corrected chi connectivity index (χ4v) is 11.2. The number of rotatable bonds is 70. The zero-order valence-corrected chi connectivity index (χ0v) is 63.9. The van der Waals surface area contributed by atoms with Crippen LogP contribution in [-0.4, -0.2) is 96.7 Å². The van der Waals surface area contributed by atoms with Gasteiger partial charge in [-0.3, -0.25) is 37.3 Å². The molecule has 0 aromatic heterocycles. The summed E-state index contributed by atoms with van der Waals surface area (Å²) >= 11 is 0. The summed E-state index contributed by atoms with van der Waals surface area (Å²) in [5.74, 6) is -2.28. The van der Waals surface area contributed by atoms with E-state index in [1.54, 1.807) is 0 Å². The molecule has 0 saturated heterocycles. The number of aliphatic hydroxyl groups excluding tert-OH is 1. The van der Waals surface area contributed by atoms with Crippen molar-refractivity contribution < 1.29 is 80.2 Å². The average molecular weight is 1440 g/mol. The number of carbonyl (C=O) groups is 4. The Morgan fingerprint density at radius 1 is 0.290 bits per heavy atom. The van der Waals surface area contributed by atoms with E-state index in [1.165, 1.54) is 38.5 Å². The van der Waals surface area contributed by atoms with Crippen molar-refractivity contribution >= 4 is 39.5 Å². The molecular weight excluding hydrogens is 1310 g/mol. The number of phosphoric acid groups is 2. The number of allylic oxidation sites excluding steroid dienone is 24. The highest BCUT2D eigenvalue weighted by molar-refractivity contribution is 7.47. The quantitative estimate of drug-likeness (QED) is 0.0169. The molecule has 0 rings (SSSR count). The minimum atomic E-state index is -5.00. The van der Waals surface area contributed by atoms with Crippen molar-refractivity contribution in [2.45, 2.75) is 303 Å². The van der Waals surface area contributed by atoms with Crippen LogP contribution in [0.2, 0.25) is 0 Å². The number of hydrogen-bond donors (Lipinski definition) is 3.